The van der Waals surface area contributed by atoms with Gasteiger partial charge in [-0.25, -0.2) is 4.79 Å². The minimum Gasteiger partial charge on any atom is -0.481 e. The van der Waals surface area contributed by atoms with Gasteiger partial charge in [-0.3, -0.25) is 4.79 Å². The third kappa shape index (κ3) is 2.98. The molecule has 6 rings (SSSR count). The number of carbonyl (C=O) groups excluding carboxylic acids is 1. The van der Waals surface area contributed by atoms with Crippen LogP contribution < -0.4 is 0 Å². The lowest BCUT2D eigenvalue weighted by molar-refractivity contribution is -0.157. The Labute approximate surface area is 195 Å². The summed E-state index contributed by atoms with van der Waals surface area (Å²) in [7, 11) is 0. The Kier molecular flexibility index (Phi) is 4.75. The van der Waals surface area contributed by atoms with Gasteiger partial charge in [-0.15, -0.1) is 0 Å². The first kappa shape index (κ1) is 21.7. The highest BCUT2D eigenvalue weighted by molar-refractivity contribution is 5.83. The van der Waals surface area contributed by atoms with Crippen molar-refractivity contribution in [2.75, 3.05) is 13.1 Å². The molecule has 2 aromatic carbocycles. The standard InChI is InChI=1S/C28H31NO4/c1-5-18-11-12-21-20(15-18)22-13-14-27(21,19-9-7-6-8-10-19)23-16-29(17-28(22,23)24(30)31)25(32)33-26(2,3)4/h5-12,15,22-23H,1,13-14,16-17H2,2-4H3,(H,30,31). The van der Waals surface area contributed by atoms with Gasteiger partial charge < -0.3 is 14.7 Å². The van der Waals surface area contributed by atoms with Crippen LogP contribution in [0.3, 0.4) is 0 Å². The number of carboxylic acids is 1. The van der Waals surface area contributed by atoms with E-state index in [9.17, 15) is 14.7 Å². The molecule has 1 amide bonds. The third-order valence-electron chi connectivity index (χ3n) is 8.03. The maximum absolute atomic E-state index is 13.1. The molecule has 172 valence electrons. The normalized spacial score (nSPS) is 29.8. The summed E-state index contributed by atoms with van der Waals surface area (Å²) in [5, 5.41) is 10.8. The molecule has 1 heterocycles. The van der Waals surface area contributed by atoms with Crippen molar-refractivity contribution in [3.8, 4) is 0 Å². The van der Waals surface area contributed by atoms with Gasteiger partial charge in [-0.2, -0.15) is 0 Å². The Morgan fingerprint density at radius 2 is 1.91 bits per heavy atom. The van der Waals surface area contributed by atoms with E-state index in [1.165, 1.54) is 5.56 Å². The number of hydrogen-bond acceptors (Lipinski definition) is 3. The molecule has 5 heteroatoms. The van der Waals surface area contributed by atoms with Gasteiger partial charge in [-0.05, 0) is 55.9 Å². The number of amides is 1. The van der Waals surface area contributed by atoms with Gasteiger partial charge in [0.15, 0.2) is 0 Å². The molecule has 0 radical (unpaired) electrons. The fraction of sp³-hybridized carbons (Fsp3) is 0.429. The molecule has 4 aliphatic rings. The molecule has 0 spiro atoms. The Bertz CT molecular complexity index is 1130. The summed E-state index contributed by atoms with van der Waals surface area (Å²) in [4.78, 5) is 27.9. The lowest BCUT2D eigenvalue weighted by Gasteiger charge is -2.59. The van der Waals surface area contributed by atoms with Crippen molar-refractivity contribution < 1.29 is 19.4 Å². The van der Waals surface area contributed by atoms with Crippen molar-refractivity contribution in [3.63, 3.8) is 0 Å². The van der Waals surface area contributed by atoms with Gasteiger partial charge in [0.25, 0.3) is 0 Å². The van der Waals surface area contributed by atoms with Crippen molar-refractivity contribution >= 4 is 18.1 Å². The third-order valence-corrected chi connectivity index (χ3v) is 8.03. The van der Waals surface area contributed by atoms with Crippen LogP contribution in [0.15, 0.2) is 55.1 Å². The van der Waals surface area contributed by atoms with Crippen LogP contribution in [0.1, 0.15) is 61.8 Å². The monoisotopic (exact) mass is 445 g/mol. The lowest BCUT2D eigenvalue weighted by atomic mass is 9.42. The zero-order chi connectivity index (χ0) is 23.6. The molecule has 1 saturated heterocycles. The summed E-state index contributed by atoms with van der Waals surface area (Å²) in [6, 6.07) is 16.6. The number of carbonyl (C=O) groups is 2. The van der Waals surface area contributed by atoms with Crippen LogP contribution in [0, 0.1) is 11.3 Å². The highest BCUT2D eigenvalue weighted by atomic mass is 16.6. The molecular formula is C28H31NO4. The van der Waals surface area contributed by atoms with Crippen LogP contribution in [-0.4, -0.2) is 40.8 Å². The molecular weight excluding hydrogens is 414 g/mol. The van der Waals surface area contributed by atoms with Crippen molar-refractivity contribution in [2.45, 2.75) is 50.5 Å². The largest absolute Gasteiger partial charge is 0.481 e. The first-order valence-corrected chi connectivity index (χ1v) is 11.7. The molecule has 0 aromatic heterocycles. The Morgan fingerprint density at radius 3 is 2.55 bits per heavy atom. The fourth-order valence-corrected chi connectivity index (χ4v) is 6.85. The summed E-state index contributed by atoms with van der Waals surface area (Å²) in [5.41, 5.74) is 2.23. The molecule has 1 N–H and O–H groups in total. The van der Waals surface area contributed by atoms with E-state index < -0.39 is 28.5 Å². The molecule has 4 atom stereocenters. The van der Waals surface area contributed by atoms with Crippen LogP contribution in [0.4, 0.5) is 4.79 Å². The van der Waals surface area contributed by atoms with Gasteiger partial charge in [0.1, 0.15) is 5.60 Å². The van der Waals surface area contributed by atoms with E-state index in [1.807, 2.05) is 45.0 Å². The minimum atomic E-state index is -1.06. The van der Waals surface area contributed by atoms with Gasteiger partial charge in [0, 0.05) is 30.3 Å². The molecule has 2 aromatic rings. The smallest absolute Gasteiger partial charge is 0.410 e. The summed E-state index contributed by atoms with van der Waals surface area (Å²) in [6.45, 7) is 9.96. The number of ether oxygens (including phenoxy) is 1. The maximum atomic E-state index is 13.1. The number of benzene rings is 2. The lowest BCUT2D eigenvalue weighted by Crippen LogP contribution is -2.60. The van der Waals surface area contributed by atoms with Crippen molar-refractivity contribution in [3.05, 3.63) is 77.4 Å². The van der Waals surface area contributed by atoms with Gasteiger partial charge in [-0.1, -0.05) is 61.2 Å². The SMILES string of the molecule is C=Cc1ccc2c(c1)C1CCC2(c2ccccc2)C2CN(C(=O)OC(C)(C)C)CC12C(=O)O. The summed E-state index contributed by atoms with van der Waals surface area (Å²) < 4.78 is 5.68. The predicted molar refractivity (Wildman–Crippen MR) is 127 cm³/mol. The summed E-state index contributed by atoms with van der Waals surface area (Å²) in [5.74, 6) is -1.22. The van der Waals surface area contributed by atoms with Crippen LogP contribution in [0.5, 0.6) is 0 Å². The number of carboxylic acid groups (broad SMARTS) is 1. The van der Waals surface area contributed by atoms with E-state index in [2.05, 4.69) is 36.9 Å². The van der Waals surface area contributed by atoms with Gasteiger partial charge in [0.2, 0.25) is 0 Å². The second-order valence-electron chi connectivity index (χ2n) is 10.7. The van der Waals surface area contributed by atoms with E-state index >= 15 is 0 Å². The second kappa shape index (κ2) is 7.21. The molecule has 2 fully saturated rings. The summed E-state index contributed by atoms with van der Waals surface area (Å²) >= 11 is 0. The average Bonchev–Trinajstić information content (AvgIpc) is 3.22. The predicted octanol–water partition coefficient (Wildman–Crippen LogP) is 5.44. The number of aliphatic carboxylic acids is 1. The number of hydrogen-bond donors (Lipinski definition) is 1. The van der Waals surface area contributed by atoms with E-state index in [0.29, 0.717) is 6.54 Å². The first-order valence-electron chi connectivity index (χ1n) is 11.7. The van der Waals surface area contributed by atoms with E-state index in [4.69, 9.17) is 4.74 Å². The highest BCUT2D eigenvalue weighted by Gasteiger charge is 2.71. The Balaban J connectivity index is 1.73. The van der Waals surface area contributed by atoms with Crippen LogP contribution >= 0.6 is 0 Å². The molecule has 5 nitrogen and oxygen atoms in total. The minimum absolute atomic E-state index is 0.159. The number of fused-ring (bicyclic) bond motifs is 1. The second-order valence-corrected chi connectivity index (χ2v) is 10.7. The molecule has 3 aliphatic carbocycles. The first-order chi connectivity index (χ1) is 15.6. The number of likely N-dealkylation sites (tertiary alicyclic amines) is 1. The van der Waals surface area contributed by atoms with E-state index in [-0.39, 0.29) is 18.4 Å². The molecule has 1 saturated carbocycles. The fourth-order valence-electron chi connectivity index (χ4n) is 6.85. The van der Waals surface area contributed by atoms with Crippen LogP contribution in [0.25, 0.3) is 6.08 Å². The highest BCUT2D eigenvalue weighted by Crippen LogP contribution is 2.69. The Morgan fingerprint density at radius 1 is 1.18 bits per heavy atom. The quantitative estimate of drug-likeness (QED) is 0.683. The molecule has 33 heavy (non-hydrogen) atoms. The van der Waals surface area contributed by atoms with Gasteiger partial charge >= 0.3 is 12.1 Å². The zero-order valence-electron chi connectivity index (χ0n) is 19.5. The van der Waals surface area contributed by atoms with E-state index in [0.717, 1.165) is 29.5 Å². The van der Waals surface area contributed by atoms with Crippen LogP contribution in [-0.2, 0) is 14.9 Å². The van der Waals surface area contributed by atoms with E-state index in [1.54, 1.807) is 4.90 Å². The average molecular weight is 446 g/mol. The van der Waals surface area contributed by atoms with Crippen molar-refractivity contribution in [2.24, 2.45) is 11.3 Å². The number of rotatable bonds is 3. The van der Waals surface area contributed by atoms with Crippen molar-refractivity contribution in [1.29, 1.82) is 0 Å². The summed E-state index contributed by atoms with van der Waals surface area (Å²) in [6.07, 6.45) is 3.01. The number of nitrogens with zero attached hydrogens (tertiary/aromatic N) is 1. The molecule has 2 bridgehead atoms. The molecule has 4 unspecified atom stereocenters. The molecule has 1 aliphatic heterocycles. The van der Waals surface area contributed by atoms with Crippen molar-refractivity contribution in [1.82, 2.24) is 4.90 Å². The maximum Gasteiger partial charge on any atom is 0.410 e. The van der Waals surface area contributed by atoms with Gasteiger partial charge in [0.05, 0.1) is 5.41 Å². The topological polar surface area (TPSA) is 66.8 Å². The Hall–Kier alpha value is -3.08. The van der Waals surface area contributed by atoms with Crippen LogP contribution in [0.2, 0.25) is 0 Å². The zero-order valence-corrected chi connectivity index (χ0v) is 19.5.